The van der Waals surface area contributed by atoms with E-state index in [1.54, 1.807) is 0 Å². The van der Waals surface area contributed by atoms with E-state index in [2.05, 4.69) is 5.32 Å². The third kappa shape index (κ3) is 2.45. The fourth-order valence-electron chi connectivity index (χ4n) is 3.13. The van der Waals surface area contributed by atoms with Crippen molar-refractivity contribution < 1.29 is 9.90 Å². The van der Waals surface area contributed by atoms with Crippen LogP contribution in [0.15, 0.2) is 42.5 Å². The van der Waals surface area contributed by atoms with Gasteiger partial charge in [0, 0.05) is 12.0 Å². The van der Waals surface area contributed by atoms with E-state index in [-0.39, 0.29) is 11.9 Å². The van der Waals surface area contributed by atoms with Crippen molar-refractivity contribution in [3.05, 3.63) is 70.3 Å². The number of benzene rings is 2. The van der Waals surface area contributed by atoms with Crippen molar-refractivity contribution in [1.82, 2.24) is 5.32 Å². The summed E-state index contributed by atoms with van der Waals surface area (Å²) >= 11 is 0. The van der Waals surface area contributed by atoms with Crippen LogP contribution in [-0.2, 0) is 6.42 Å². The molecule has 0 heterocycles. The van der Waals surface area contributed by atoms with Gasteiger partial charge in [0.25, 0.3) is 5.91 Å². The Labute approximate surface area is 124 Å². The largest absolute Gasteiger partial charge is 0.390 e. The summed E-state index contributed by atoms with van der Waals surface area (Å²) in [7, 11) is 0. The molecule has 2 aromatic carbocycles. The maximum Gasteiger partial charge on any atom is 0.252 e. The molecule has 3 nitrogen and oxygen atoms in total. The van der Waals surface area contributed by atoms with Gasteiger partial charge in [-0.3, -0.25) is 4.79 Å². The van der Waals surface area contributed by atoms with Crippen LogP contribution in [0.2, 0.25) is 0 Å². The zero-order valence-electron chi connectivity index (χ0n) is 12.3. The molecular formula is C18H19NO2. The SMILES string of the molecule is Cc1cccc(C)c1C(=O)N[C@H]1c2ccccc2C[C@H]1O. The molecular weight excluding hydrogens is 262 g/mol. The van der Waals surface area contributed by atoms with Gasteiger partial charge in [0.1, 0.15) is 0 Å². The van der Waals surface area contributed by atoms with Crippen LogP contribution < -0.4 is 5.32 Å². The van der Waals surface area contributed by atoms with E-state index in [1.165, 1.54) is 0 Å². The first-order chi connectivity index (χ1) is 10.1. The second-order valence-corrected chi connectivity index (χ2v) is 5.69. The van der Waals surface area contributed by atoms with Crippen LogP contribution in [0.4, 0.5) is 0 Å². The first-order valence-corrected chi connectivity index (χ1v) is 7.21. The monoisotopic (exact) mass is 281 g/mol. The standard InChI is InChI=1S/C18H19NO2/c1-11-6-5-7-12(2)16(11)18(21)19-17-14-9-4-3-8-13(14)10-15(17)20/h3-9,15,17,20H,10H2,1-2H3,(H,19,21)/t15-,17+/m1/s1. The van der Waals surface area contributed by atoms with E-state index < -0.39 is 6.10 Å². The van der Waals surface area contributed by atoms with E-state index in [0.717, 1.165) is 22.3 Å². The Morgan fingerprint density at radius 2 is 1.76 bits per heavy atom. The highest BCUT2D eigenvalue weighted by molar-refractivity contribution is 5.97. The summed E-state index contributed by atoms with van der Waals surface area (Å²) in [6.45, 7) is 3.86. The van der Waals surface area contributed by atoms with Crippen LogP contribution in [0.25, 0.3) is 0 Å². The van der Waals surface area contributed by atoms with Crippen molar-refractivity contribution in [3.8, 4) is 0 Å². The lowest BCUT2D eigenvalue weighted by atomic mass is 10.0. The van der Waals surface area contributed by atoms with Crippen LogP contribution in [-0.4, -0.2) is 17.1 Å². The molecule has 2 N–H and O–H groups in total. The third-order valence-electron chi connectivity index (χ3n) is 4.20. The minimum absolute atomic E-state index is 0.119. The number of amides is 1. The molecule has 0 fully saturated rings. The second kappa shape index (κ2) is 5.34. The smallest absolute Gasteiger partial charge is 0.252 e. The summed E-state index contributed by atoms with van der Waals surface area (Å²) in [5.41, 5.74) is 4.73. The normalized spacial score (nSPS) is 20.1. The number of fused-ring (bicyclic) bond motifs is 1. The molecule has 3 rings (SSSR count). The molecule has 0 saturated carbocycles. The Morgan fingerprint density at radius 3 is 2.48 bits per heavy atom. The van der Waals surface area contributed by atoms with Crippen molar-refractivity contribution in [3.63, 3.8) is 0 Å². The Kier molecular flexibility index (Phi) is 3.52. The Balaban J connectivity index is 1.89. The van der Waals surface area contributed by atoms with Crippen molar-refractivity contribution in [2.24, 2.45) is 0 Å². The van der Waals surface area contributed by atoms with Crippen LogP contribution in [0.5, 0.6) is 0 Å². The molecule has 0 aliphatic heterocycles. The predicted molar refractivity (Wildman–Crippen MR) is 82.3 cm³/mol. The molecule has 1 aliphatic carbocycles. The van der Waals surface area contributed by atoms with Crippen LogP contribution >= 0.6 is 0 Å². The Hall–Kier alpha value is -2.13. The van der Waals surface area contributed by atoms with Crippen molar-refractivity contribution in [2.45, 2.75) is 32.4 Å². The highest BCUT2D eigenvalue weighted by Gasteiger charge is 2.32. The number of aliphatic hydroxyl groups excluding tert-OH is 1. The fourth-order valence-corrected chi connectivity index (χ4v) is 3.13. The summed E-state index contributed by atoms with van der Waals surface area (Å²) in [5, 5.41) is 13.2. The molecule has 3 heteroatoms. The molecule has 0 unspecified atom stereocenters. The number of carbonyl (C=O) groups is 1. The summed E-state index contributed by atoms with van der Waals surface area (Å²) in [6.07, 6.45) is 0.0316. The van der Waals surface area contributed by atoms with Crippen molar-refractivity contribution in [2.75, 3.05) is 0 Å². The van der Waals surface area contributed by atoms with Crippen molar-refractivity contribution in [1.29, 1.82) is 0 Å². The topological polar surface area (TPSA) is 49.3 Å². The fraction of sp³-hybridized carbons (Fsp3) is 0.278. The van der Waals surface area contributed by atoms with Gasteiger partial charge in [-0.25, -0.2) is 0 Å². The van der Waals surface area contributed by atoms with E-state index in [1.807, 2.05) is 56.3 Å². The average Bonchev–Trinajstić information content (AvgIpc) is 2.75. The molecule has 0 spiro atoms. The van der Waals surface area contributed by atoms with Crippen LogP contribution in [0.3, 0.4) is 0 Å². The second-order valence-electron chi connectivity index (χ2n) is 5.69. The third-order valence-corrected chi connectivity index (χ3v) is 4.20. The lowest BCUT2D eigenvalue weighted by Crippen LogP contribution is -2.34. The first-order valence-electron chi connectivity index (χ1n) is 7.21. The van der Waals surface area contributed by atoms with E-state index in [9.17, 15) is 9.90 Å². The average molecular weight is 281 g/mol. The zero-order chi connectivity index (χ0) is 15.0. The molecule has 0 radical (unpaired) electrons. The minimum Gasteiger partial charge on any atom is -0.390 e. The Morgan fingerprint density at radius 1 is 1.10 bits per heavy atom. The number of aliphatic hydroxyl groups is 1. The summed E-state index contributed by atoms with van der Waals surface area (Å²) in [4.78, 5) is 12.6. The van der Waals surface area contributed by atoms with Gasteiger partial charge < -0.3 is 10.4 Å². The predicted octanol–water partition coefficient (Wildman–Crippen LogP) is 2.69. The lowest BCUT2D eigenvalue weighted by Gasteiger charge is -2.19. The molecule has 0 saturated heterocycles. The number of carbonyl (C=O) groups excluding carboxylic acids is 1. The van der Waals surface area contributed by atoms with Gasteiger partial charge in [0.2, 0.25) is 0 Å². The number of nitrogens with one attached hydrogen (secondary N) is 1. The quantitative estimate of drug-likeness (QED) is 0.889. The van der Waals surface area contributed by atoms with Gasteiger partial charge in [0.15, 0.2) is 0 Å². The summed E-state index contributed by atoms with van der Waals surface area (Å²) in [5.74, 6) is -0.119. The molecule has 108 valence electrons. The van der Waals surface area contributed by atoms with E-state index in [4.69, 9.17) is 0 Å². The van der Waals surface area contributed by atoms with E-state index in [0.29, 0.717) is 12.0 Å². The highest BCUT2D eigenvalue weighted by atomic mass is 16.3. The molecule has 1 amide bonds. The number of aryl methyl sites for hydroxylation is 2. The zero-order valence-corrected chi connectivity index (χ0v) is 12.3. The molecule has 0 aromatic heterocycles. The maximum absolute atomic E-state index is 12.6. The maximum atomic E-state index is 12.6. The molecule has 2 atom stereocenters. The number of hydrogen-bond acceptors (Lipinski definition) is 2. The van der Waals surface area contributed by atoms with Crippen LogP contribution in [0, 0.1) is 13.8 Å². The lowest BCUT2D eigenvalue weighted by molar-refractivity contribution is 0.0857. The van der Waals surface area contributed by atoms with E-state index >= 15 is 0 Å². The van der Waals surface area contributed by atoms with Gasteiger partial charge in [-0.1, -0.05) is 42.5 Å². The molecule has 21 heavy (non-hydrogen) atoms. The number of rotatable bonds is 2. The summed E-state index contributed by atoms with van der Waals surface area (Å²) < 4.78 is 0. The van der Waals surface area contributed by atoms with Crippen LogP contribution in [0.1, 0.15) is 38.7 Å². The molecule has 0 bridgehead atoms. The van der Waals surface area contributed by atoms with Gasteiger partial charge in [-0.15, -0.1) is 0 Å². The highest BCUT2D eigenvalue weighted by Crippen LogP contribution is 2.31. The first kappa shape index (κ1) is 13.8. The molecule has 2 aromatic rings. The van der Waals surface area contributed by atoms with Gasteiger partial charge in [-0.2, -0.15) is 0 Å². The number of hydrogen-bond donors (Lipinski definition) is 2. The minimum atomic E-state index is -0.560. The molecule has 1 aliphatic rings. The summed E-state index contributed by atoms with van der Waals surface area (Å²) in [6, 6.07) is 13.4. The van der Waals surface area contributed by atoms with Gasteiger partial charge >= 0.3 is 0 Å². The van der Waals surface area contributed by atoms with Gasteiger partial charge in [0.05, 0.1) is 12.1 Å². The Bertz CT molecular complexity index is 673. The van der Waals surface area contributed by atoms with Crippen molar-refractivity contribution >= 4 is 5.91 Å². The van der Waals surface area contributed by atoms with Gasteiger partial charge in [-0.05, 0) is 36.1 Å².